The largest absolute Gasteiger partial charge is 0.435 e. The molecule has 0 aliphatic carbocycles. The normalized spacial score (nSPS) is 19.9. The molecular weight excluding hydrogens is 224 g/mol. The highest BCUT2D eigenvalue weighted by Crippen LogP contribution is 2.24. The van der Waals surface area contributed by atoms with Gasteiger partial charge in [-0.25, -0.2) is 0 Å². The van der Waals surface area contributed by atoms with Crippen LogP contribution in [0.5, 0.6) is 5.75 Å². The van der Waals surface area contributed by atoms with Crippen LogP contribution in [-0.4, -0.2) is 19.7 Å². The van der Waals surface area contributed by atoms with E-state index in [1.807, 2.05) is 12.1 Å². The van der Waals surface area contributed by atoms with Crippen LogP contribution >= 0.6 is 0 Å². The molecule has 1 fully saturated rings. The van der Waals surface area contributed by atoms with Gasteiger partial charge in [-0.15, -0.1) is 0 Å². The lowest BCUT2D eigenvalue weighted by molar-refractivity contribution is -0.0503. The van der Waals surface area contributed by atoms with Crippen LogP contribution in [-0.2, 0) is 6.42 Å². The molecule has 4 heteroatoms. The van der Waals surface area contributed by atoms with E-state index in [9.17, 15) is 8.78 Å². The van der Waals surface area contributed by atoms with Crippen molar-refractivity contribution in [3.8, 4) is 5.75 Å². The van der Waals surface area contributed by atoms with Crippen molar-refractivity contribution in [2.75, 3.05) is 13.1 Å². The monoisotopic (exact) mass is 241 g/mol. The average molecular weight is 241 g/mol. The number of alkyl halides is 2. The van der Waals surface area contributed by atoms with Crippen LogP contribution in [0.1, 0.15) is 17.5 Å². The van der Waals surface area contributed by atoms with Crippen molar-refractivity contribution in [3.05, 3.63) is 29.3 Å². The number of rotatable bonds is 4. The van der Waals surface area contributed by atoms with Crippen LogP contribution in [0.2, 0.25) is 0 Å². The molecule has 1 atom stereocenters. The zero-order valence-electron chi connectivity index (χ0n) is 9.88. The molecule has 2 rings (SSSR count). The van der Waals surface area contributed by atoms with E-state index < -0.39 is 6.61 Å². The number of hydrogen-bond acceptors (Lipinski definition) is 2. The zero-order chi connectivity index (χ0) is 12.3. The molecule has 1 N–H and O–H groups in total. The van der Waals surface area contributed by atoms with Gasteiger partial charge in [0.05, 0.1) is 0 Å². The second-order valence-corrected chi connectivity index (χ2v) is 4.54. The van der Waals surface area contributed by atoms with Crippen molar-refractivity contribution >= 4 is 0 Å². The molecule has 0 amide bonds. The van der Waals surface area contributed by atoms with Crippen LogP contribution in [0.3, 0.4) is 0 Å². The maximum absolute atomic E-state index is 12.2. The summed E-state index contributed by atoms with van der Waals surface area (Å²) in [5.74, 6) is 0.903. The summed E-state index contributed by atoms with van der Waals surface area (Å²) < 4.78 is 28.9. The lowest BCUT2D eigenvalue weighted by Gasteiger charge is -2.12. The van der Waals surface area contributed by atoms with Crippen LogP contribution in [0.4, 0.5) is 8.78 Å². The summed E-state index contributed by atoms with van der Waals surface area (Å²) in [7, 11) is 0. The van der Waals surface area contributed by atoms with Crippen LogP contribution in [0, 0.1) is 12.8 Å². The van der Waals surface area contributed by atoms with E-state index in [0.29, 0.717) is 11.7 Å². The third kappa shape index (κ3) is 3.40. The molecule has 0 bridgehead atoms. The van der Waals surface area contributed by atoms with E-state index in [1.54, 1.807) is 13.0 Å². The van der Waals surface area contributed by atoms with Crippen molar-refractivity contribution in [3.63, 3.8) is 0 Å². The molecule has 1 aliphatic rings. The Morgan fingerprint density at radius 1 is 1.47 bits per heavy atom. The van der Waals surface area contributed by atoms with Gasteiger partial charge < -0.3 is 10.1 Å². The van der Waals surface area contributed by atoms with E-state index in [-0.39, 0.29) is 0 Å². The van der Waals surface area contributed by atoms with Gasteiger partial charge in [0.15, 0.2) is 0 Å². The van der Waals surface area contributed by atoms with E-state index in [4.69, 9.17) is 0 Å². The SMILES string of the molecule is Cc1ccc(CC2CCNC2)cc1OC(F)F. The Morgan fingerprint density at radius 2 is 2.29 bits per heavy atom. The molecule has 0 aromatic heterocycles. The topological polar surface area (TPSA) is 21.3 Å². The Balaban J connectivity index is 2.06. The smallest absolute Gasteiger partial charge is 0.387 e. The molecule has 0 saturated carbocycles. The van der Waals surface area contributed by atoms with Crippen molar-refractivity contribution in [1.29, 1.82) is 0 Å². The van der Waals surface area contributed by atoms with Gasteiger partial charge in [-0.1, -0.05) is 12.1 Å². The van der Waals surface area contributed by atoms with E-state index in [2.05, 4.69) is 10.1 Å². The highest BCUT2D eigenvalue weighted by atomic mass is 19.3. The summed E-state index contributed by atoms with van der Waals surface area (Å²) in [6.45, 7) is 1.09. The predicted molar refractivity (Wildman–Crippen MR) is 62.5 cm³/mol. The van der Waals surface area contributed by atoms with E-state index in [0.717, 1.165) is 37.1 Å². The fourth-order valence-electron chi connectivity index (χ4n) is 2.22. The van der Waals surface area contributed by atoms with Crippen LogP contribution in [0.25, 0.3) is 0 Å². The quantitative estimate of drug-likeness (QED) is 0.875. The summed E-state index contributed by atoms with van der Waals surface area (Å²) in [6, 6.07) is 5.57. The maximum Gasteiger partial charge on any atom is 0.387 e. The van der Waals surface area contributed by atoms with Gasteiger partial charge in [0.1, 0.15) is 5.75 Å². The molecule has 0 spiro atoms. The number of hydrogen-bond donors (Lipinski definition) is 1. The van der Waals surface area contributed by atoms with Gasteiger partial charge in [0.2, 0.25) is 0 Å². The van der Waals surface area contributed by atoms with Gasteiger partial charge in [0, 0.05) is 0 Å². The maximum atomic E-state index is 12.2. The zero-order valence-corrected chi connectivity index (χ0v) is 9.88. The van der Waals surface area contributed by atoms with Crippen LogP contribution in [0.15, 0.2) is 18.2 Å². The Morgan fingerprint density at radius 3 is 2.94 bits per heavy atom. The number of benzene rings is 1. The molecule has 2 nitrogen and oxygen atoms in total. The van der Waals surface area contributed by atoms with Gasteiger partial charge in [-0.05, 0) is 56.0 Å². The summed E-state index contributed by atoms with van der Waals surface area (Å²) in [5, 5.41) is 3.30. The first-order valence-corrected chi connectivity index (χ1v) is 5.90. The molecule has 1 unspecified atom stereocenters. The minimum atomic E-state index is -2.75. The molecule has 0 radical (unpaired) electrons. The Hall–Kier alpha value is -1.16. The van der Waals surface area contributed by atoms with Crippen LogP contribution < -0.4 is 10.1 Å². The Labute approximate surface area is 100.0 Å². The Bertz CT molecular complexity index is 376. The highest BCUT2D eigenvalue weighted by Gasteiger charge is 2.16. The molecular formula is C13H17F2NO. The lowest BCUT2D eigenvalue weighted by atomic mass is 9.98. The predicted octanol–water partition coefficient (Wildman–Crippen LogP) is 2.75. The van der Waals surface area contributed by atoms with Crippen molar-refractivity contribution in [2.24, 2.45) is 5.92 Å². The van der Waals surface area contributed by atoms with Crippen molar-refractivity contribution in [1.82, 2.24) is 5.32 Å². The number of halogens is 2. The van der Waals surface area contributed by atoms with Crippen molar-refractivity contribution in [2.45, 2.75) is 26.4 Å². The average Bonchev–Trinajstić information content (AvgIpc) is 2.75. The first-order valence-electron chi connectivity index (χ1n) is 5.90. The molecule has 1 aromatic rings. The molecule has 1 heterocycles. The first kappa shape index (κ1) is 12.3. The first-order chi connectivity index (χ1) is 8.15. The van der Waals surface area contributed by atoms with Gasteiger partial charge >= 0.3 is 6.61 Å². The summed E-state index contributed by atoms with van der Waals surface area (Å²) >= 11 is 0. The minimum Gasteiger partial charge on any atom is -0.435 e. The second kappa shape index (κ2) is 5.45. The summed E-state index contributed by atoms with van der Waals surface area (Å²) in [5.41, 5.74) is 1.82. The summed E-state index contributed by atoms with van der Waals surface area (Å²) in [4.78, 5) is 0. The fourth-order valence-corrected chi connectivity index (χ4v) is 2.22. The van der Waals surface area contributed by atoms with Gasteiger partial charge in [-0.3, -0.25) is 0 Å². The number of ether oxygens (including phenoxy) is 1. The molecule has 1 saturated heterocycles. The number of aryl methyl sites for hydroxylation is 1. The lowest BCUT2D eigenvalue weighted by Crippen LogP contribution is -2.11. The second-order valence-electron chi connectivity index (χ2n) is 4.54. The molecule has 94 valence electrons. The Kier molecular flexibility index (Phi) is 3.94. The highest BCUT2D eigenvalue weighted by molar-refractivity contribution is 5.36. The third-order valence-electron chi connectivity index (χ3n) is 3.16. The van der Waals surface area contributed by atoms with Crippen molar-refractivity contribution < 1.29 is 13.5 Å². The molecule has 1 aromatic carbocycles. The van der Waals surface area contributed by atoms with Gasteiger partial charge in [-0.2, -0.15) is 8.78 Å². The van der Waals surface area contributed by atoms with Gasteiger partial charge in [0.25, 0.3) is 0 Å². The fraction of sp³-hybridized carbons (Fsp3) is 0.538. The van der Waals surface area contributed by atoms with E-state index >= 15 is 0 Å². The summed E-state index contributed by atoms with van der Waals surface area (Å²) in [6.07, 6.45) is 2.08. The minimum absolute atomic E-state index is 0.295. The standard InChI is InChI=1S/C13H17F2NO/c1-9-2-3-10(6-11-4-5-16-8-11)7-12(9)17-13(14)15/h2-3,7,11,13,16H,4-6,8H2,1H3. The molecule has 1 aliphatic heterocycles. The van der Waals surface area contributed by atoms with E-state index in [1.165, 1.54) is 0 Å². The number of nitrogens with one attached hydrogen (secondary N) is 1. The third-order valence-corrected chi connectivity index (χ3v) is 3.16. The molecule has 17 heavy (non-hydrogen) atoms.